The van der Waals surface area contributed by atoms with E-state index in [0.717, 1.165) is 43.8 Å². The lowest BCUT2D eigenvalue weighted by Crippen LogP contribution is -2.48. The van der Waals surface area contributed by atoms with Crippen LogP contribution < -0.4 is 10.2 Å². The van der Waals surface area contributed by atoms with Crippen LogP contribution in [0.15, 0.2) is 10.4 Å². The highest BCUT2D eigenvalue weighted by atomic mass is 127. The first-order chi connectivity index (χ1) is 12.3. The second-order valence-corrected chi connectivity index (χ2v) is 8.89. The van der Waals surface area contributed by atoms with Gasteiger partial charge in [-0.3, -0.25) is 4.99 Å². The van der Waals surface area contributed by atoms with E-state index in [0.29, 0.717) is 0 Å². The molecule has 3 heterocycles. The average molecular weight is 510 g/mol. The summed E-state index contributed by atoms with van der Waals surface area (Å²) in [4.78, 5) is 14.5. The number of anilines is 1. The van der Waals surface area contributed by atoms with Crippen LogP contribution in [0, 0.1) is 0 Å². The molecule has 0 spiro atoms. The van der Waals surface area contributed by atoms with E-state index in [2.05, 4.69) is 46.1 Å². The van der Waals surface area contributed by atoms with Gasteiger partial charge in [-0.2, -0.15) is 11.8 Å². The van der Waals surface area contributed by atoms with Gasteiger partial charge in [0.1, 0.15) is 0 Å². The Labute approximate surface area is 183 Å². The molecule has 0 saturated carbocycles. The number of aliphatic imine (C=N–C) groups is 1. The van der Waals surface area contributed by atoms with Gasteiger partial charge in [-0.15, -0.1) is 35.3 Å². The molecule has 2 saturated heterocycles. The van der Waals surface area contributed by atoms with Crippen LogP contribution in [0.25, 0.3) is 0 Å². The first-order valence-electron chi connectivity index (χ1n) is 9.64. The monoisotopic (exact) mass is 509 g/mol. The van der Waals surface area contributed by atoms with Crippen LogP contribution >= 0.6 is 47.1 Å². The summed E-state index contributed by atoms with van der Waals surface area (Å²) < 4.78 is 0. The van der Waals surface area contributed by atoms with E-state index in [1.54, 1.807) is 11.3 Å². The van der Waals surface area contributed by atoms with Crippen LogP contribution in [-0.4, -0.2) is 66.1 Å². The van der Waals surface area contributed by atoms with Crippen molar-refractivity contribution in [2.45, 2.75) is 44.8 Å². The molecular weight excluding hydrogens is 477 g/mol. The van der Waals surface area contributed by atoms with Crippen molar-refractivity contribution in [3.8, 4) is 0 Å². The average Bonchev–Trinajstić information content (AvgIpc) is 3.32. The topological polar surface area (TPSA) is 43.8 Å². The highest BCUT2D eigenvalue weighted by Crippen LogP contribution is 2.24. The van der Waals surface area contributed by atoms with Gasteiger partial charge >= 0.3 is 0 Å². The number of halogens is 1. The van der Waals surface area contributed by atoms with Crippen LogP contribution in [-0.2, 0) is 6.42 Å². The smallest absolute Gasteiger partial charge is 0.193 e. The molecular formula is C18H32IN5S2. The lowest BCUT2D eigenvalue weighted by atomic mass is 10.3. The van der Waals surface area contributed by atoms with Gasteiger partial charge in [0.25, 0.3) is 0 Å². The molecule has 8 heteroatoms. The molecule has 1 aromatic heterocycles. The van der Waals surface area contributed by atoms with E-state index in [1.165, 1.54) is 48.9 Å². The predicted octanol–water partition coefficient (Wildman–Crippen LogP) is 3.70. The van der Waals surface area contributed by atoms with Crippen molar-refractivity contribution < 1.29 is 0 Å². The van der Waals surface area contributed by atoms with E-state index in [1.807, 2.05) is 0 Å². The summed E-state index contributed by atoms with van der Waals surface area (Å²) in [5.74, 6) is 2.28. The minimum Gasteiger partial charge on any atom is -0.357 e. The molecule has 2 aliphatic heterocycles. The van der Waals surface area contributed by atoms with Crippen molar-refractivity contribution in [2.75, 3.05) is 49.9 Å². The first-order valence-corrected chi connectivity index (χ1v) is 11.6. The number of thioether (sulfide) groups is 1. The summed E-state index contributed by atoms with van der Waals surface area (Å²) >= 11 is 3.88. The van der Waals surface area contributed by atoms with Crippen molar-refractivity contribution in [1.82, 2.24) is 15.2 Å². The van der Waals surface area contributed by atoms with Crippen LogP contribution in [0.2, 0.25) is 0 Å². The van der Waals surface area contributed by atoms with Gasteiger partial charge in [-0.1, -0.05) is 6.92 Å². The van der Waals surface area contributed by atoms with E-state index in [9.17, 15) is 0 Å². The molecule has 0 aliphatic carbocycles. The molecule has 3 rings (SSSR count). The fourth-order valence-corrected chi connectivity index (χ4v) is 5.42. The van der Waals surface area contributed by atoms with Gasteiger partial charge in [-0.25, -0.2) is 4.98 Å². The normalized spacial score (nSPS) is 21.0. The second kappa shape index (κ2) is 11.6. The highest BCUT2D eigenvalue weighted by molar-refractivity contribution is 14.0. The van der Waals surface area contributed by atoms with E-state index in [4.69, 9.17) is 9.98 Å². The molecule has 1 unspecified atom stereocenters. The van der Waals surface area contributed by atoms with Gasteiger partial charge in [0.2, 0.25) is 0 Å². The molecule has 26 heavy (non-hydrogen) atoms. The number of rotatable bonds is 6. The Morgan fingerprint density at radius 1 is 1.31 bits per heavy atom. The molecule has 1 atom stereocenters. The lowest BCUT2D eigenvalue weighted by molar-refractivity contribution is 0.408. The predicted molar refractivity (Wildman–Crippen MR) is 127 cm³/mol. The Kier molecular flexibility index (Phi) is 9.83. The molecule has 1 aromatic rings. The summed E-state index contributed by atoms with van der Waals surface area (Å²) in [7, 11) is 0. The first kappa shape index (κ1) is 22.1. The van der Waals surface area contributed by atoms with Crippen LogP contribution in [0.1, 0.15) is 38.8 Å². The summed E-state index contributed by atoms with van der Waals surface area (Å²) in [5.41, 5.74) is 1.19. The van der Waals surface area contributed by atoms with Crippen molar-refractivity contribution in [3.05, 3.63) is 11.1 Å². The molecule has 2 fully saturated rings. The third-order valence-corrected chi connectivity index (χ3v) is 7.10. The Hall–Kier alpha value is -0.220. The number of hydrogen-bond acceptors (Lipinski definition) is 5. The number of guanidine groups is 1. The zero-order chi connectivity index (χ0) is 17.5. The molecule has 0 radical (unpaired) electrons. The van der Waals surface area contributed by atoms with Crippen molar-refractivity contribution in [2.24, 2.45) is 4.99 Å². The Morgan fingerprint density at radius 3 is 2.85 bits per heavy atom. The van der Waals surface area contributed by atoms with Gasteiger partial charge in [0.05, 0.1) is 5.69 Å². The minimum absolute atomic E-state index is 0. The maximum Gasteiger partial charge on any atom is 0.193 e. The van der Waals surface area contributed by atoms with Crippen molar-refractivity contribution in [1.29, 1.82) is 0 Å². The van der Waals surface area contributed by atoms with E-state index in [-0.39, 0.29) is 24.0 Å². The molecule has 0 aromatic carbocycles. The fourth-order valence-electron chi connectivity index (χ4n) is 3.33. The van der Waals surface area contributed by atoms with Gasteiger partial charge in [0.15, 0.2) is 11.1 Å². The maximum atomic E-state index is 4.88. The summed E-state index contributed by atoms with van der Waals surface area (Å²) in [6.07, 6.45) is 4.77. The van der Waals surface area contributed by atoms with Crippen LogP contribution in [0.3, 0.4) is 0 Å². The third kappa shape index (κ3) is 6.15. The fraction of sp³-hybridized carbons (Fsp3) is 0.778. The second-order valence-electron chi connectivity index (χ2n) is 6.65. The Balaban J connectivity index is 0.00000243. The van der Waals surface area contributed by atoms with Crippen molar-refractivity contribution >= 4 is 58.2 Å². The zero-order valence-electron chi connectivity index (χ0n) is 15.9. The minimum atomic E-state index is 0. The third-order valence-electron chi connectivity index (χ3n) is 4.77. The number of thiazole rings is 1. The summed E-state index contributed by atoms with van der Waals surface area (Å²) in [6, 6.07) is 0. The summed E-state index contributed by atoms with van der Waals surface area (Å²) in [5, 5.41) is 7.61. The summed E-state index contributed by atoms with van der Waals surface area (Å²) in [6.45, 7) is 10.7. The molecule has 1 N–H and O–H groups in total. The molecule has 148 valence electrons. The SMILES string of the molecule is CCNC(=NCCc1csc(N2CCCC2)n1)N1CCSC(CC)C1.I. The number of hydrogen-bond donors (Lipinski definition) is 1. The molecule has 0 bridgehead atoms. The largest absolute Gasteiger partial charge is 0.357 e. The zero-order valence-corrected chi connectivity index (χ0v) is 19.9. The van der Waals surface area contributed by atoms with Crippen molar-refractivity contribution in [3.63, 3.8) is 0 Å². The van der Waals surface area contributed by atoms with Gasteiger partial charge in [-0.05, 0) is 26.2 Å². The number of aromatic nitrogens is 1. The molecule has 5 nitrogen and oxygen atoms in total. The van der Waals surface area contributed by atoms with Gasteiger partial charge < -0.3 is 15.1 Å². The van der Waals surface area contributed by atoms with Crippen LogP contribution in [0.5, 0.6) is 0 Å². The Morgan fingerprint density at radius 2 is 2.12 bits per heavy atom. The van der Waals surface area contributed by atoms with Gasteiger partial charge in [0, 0.05) is 62.1 Å². The Bertz CT molecular complexity index is 560. The molecule has 0 amide bonds. The maximum absolute atomic E-state index is 4.88. The molecule has 2 aliphatic rings. The number of nitrogens with zero attached hydrogens (tertiary/aromatic N) is 4. The quantitative estimate of drug-likeness (QED) is 0.360. The highest BCUT2D eigenvalue weighted by Gasteiger charge is 2.21. The standard InChI is InChI=1S/C18H31N5S2.HI/c1-3-16-13-23(11-12-24-16)17(19-4-2)20-8-7-15-14-25-18(21-15)22-9-5-6-10-22;/h14,16H,3-13H2,1-2H3,(H,19,20);1H. The number of nitrogens with one attached hydrogen (secondary N) is 1. The van der Waals surface area contributed by atoms with E-state index >= 15 is 0 Å². The lowest BCUT2D eigenvalue weighted by Gasteiger charge is -2.34. The van der Waals surface area contributed by atoms with E-state index < -0.39 is 0 Å². The van der Waals surface area contributed by atoms with Crippen LogP contribution in [0.4, 0.5) is 5.13 Å².